The van der Waals surface area contributed by atoms with Gasteiger partial charge in [0.25, 0.3) is 0 Å². The Balaban J connectivity index is 1.84. The Kier molecular flexibility index (Phi) is 6.45. The Labute approximate surface area is 145 Å². The molecule has 1 unspecified atom stereocenters. The lowest BCUT2D eigenvalue weighted by atomic mass is 9.82. The van der Waals surface area contributed by atoms with Crippen molar-refractivity contribution in [1.82, 2.24) is 5.32 Å². The van der Waals surface area contributed by atoms with Gasteiger partial charge in [-0.3, -0.25) is 0 Å². The van der Waals surface area contributed by atoms with Gasteiger partial charge in [0, 0.05) is 12.6 Å². The molecular formula is C22H29NO. The molecule has 0 aliphatic heterocycles. The minimum absolute atomic E-state index is 0.186. The highest BCUT2D eigenvalue weighted by Gasteiger charge is 2.26. The zero-order valence-corrected chi connectivity index (χ0v) is 14.4. The van der Waals surface area contributed by atoms with Crippen LogP contribution in [0.1, 0.15) is 55.7 Å². The van der Waals surface area contributed by atoms with Crippen LogP contribution in [0.4, 0.5) is 0 Å². The summed E-state index contributed by atoms with van der Waals surface area (Å²) in [6.07, 6.45) is 7.43. The van der Waals surface area contributed by atoms with E-state index in [1.165, 1.54) is 43.2 Å². The van der Waals surface area contributed by atoms with Crippen LogP contribution in [0.25, 0.3) is 0 Å². The Morgan fingerprint density at radius 1 is 0.833 bits per heavy atom. The number of rotatable bonds is 7. The first-order valence-corrected chi connectivity index (χ1v) is 9.35. The van der Waals surface area contributed by atoms with E-state index in [4.69, 9.17) is 0 Å². The van der Waals surface area contributed by atoms with E-state index in [9.17, 15) is 5.11 Å². The molecule has 1 atom stereocenters. The molecule has 0 heterocycles. The van der Waals surface area contributed by atoms with Crippen LogP contribution < -0.4 is 5.32 Å². The highest BCUT2D eigenvalue weighted by Crippen LogP contribution is 2.31. The van der Waals surface area contributed by atoms with Crippen molar-refractivity contribution in [3.05, 3.63) is 71.8 Å². The summed E-state index contributed by atoms with van der Waals surface area (Å²) in [6, 6.07) is 21.9. The SMILES string of the molecule is OCCC(NC(c1ccccc1)c1ccccc1)C1CCCCC1. The third-order valence-electron chi connectivity index (χ3n) is 5.31. The molecule has 2 heteroatoms. The summed E-state index contributed by atoms with van der Waals surface area (Å²) in [5.41, 5.74) is 2.59. The number of nitrogens with one attached hydrogen (secondary N) is 1. The van der Waals surface area contributed by atoms with Gasteiger partial charge in [-0.15, -0.1) is 0 Å². The summed E-state index contributed by atoms with van der Waals surface area (Å²) in [6.45, 7) is 0.254. The molecule has 24 heavy (non-hydrogen) atoms. The van der Waals surface area contributed by atoms with Crippen molar-refractivity contribution < 1.29 is 5.11 Å². The third kappa shape index (κ3) is 4.46. The summed E-state index contributed by atoms with van der Waals surface area (Å²) < 4.78 is 0. The molecule has 0 amide bonds. The molecule has 2 N–H and O–H groups in total. The van der Waals surface area contributed by atoms with E-state index in [0.717, 1.165) is 6.42 Å². The van der Waals surface area contributed by atoms with Gasteiger partial charge in [-0.05, 0) is 36.3 Å². The van der Waals surface area contributed by atoms with E-state index in [0.29, 0.717) is 12.0 Å². The molecule has 2 aromatic carbocycles. The standard InChI is InChI=1S/C22H29NO/c24-17-16-21(18-10-4-1-5-11-18)23-22(19-12-6-2-7-13-19)20-14-8-3-9-15-20/h2-3,6-9,12-15,18,21-24H,1,4-5,10-11,16-17H2. The molecule has 128 valence electrons. The topological polar surface area (TPSA) is 32.3 Å². The summed E-state index contributed by atoms with van der Waals surface area (Å²) in [7, 11) is 0. The molecule has 2 aromatic rings. The van der Waals surface area contributed by atoms with Gasteiger partial charge >= 0.3 is 0 Å². The van der Waals surface area contributed by atoms with Gasteiger partial charge in [-0.25, -0.2) is 0 Å². The van der Waals surface area contributed by atoms with Crippen molar-refractivity contribution in [1.29, 1.82) is 0 Å². The number of benzene rings is 2. The minimum atomic E-state index is 0.186. The smallest absolute Gasteiger partial charge is 0.0578 e. The lowest BCUT2D eigenvalue weighted by Gasteiger charge is -2.34. The maximum absolute atomic E-state index is 9.58. The number of hydrogen-bond acceptors (Lipinski definition) is 2. The fourth-order valence-electron chi connectivity index (χ4n) is 4.02. The minimum Gasteiger partial charge on any atom is -0.396 e. The fourth-order valence-corrected chi connectivity index (χ4v) is 4.02. The van der Waals surface area contributed by atoms with Crippen molar-refractivity contribution in [3.8, 4) is 0 Å². The van der Waals surface area contributed by atoms with E-state index < -0.39 is 0 Å². The van der Waals surface area contributed by atoms with Crippen molar-refractivity contribution in [2.45, 2.75) is 50.6 Å². The van der Waals surface area contributed by atoms with Crippen LogP contribution in [-0.2, 0) is 0 Å². The highest BCUT2D eigenvalue weighted by molar-refractivity contribution is 5.31. The zero-order valence-electron chi connectivity index (χ0n) is 14.4. The van der Waals surface area contributed by atoms with Crippen LogP contribution >= 0.6 is 0 Å². The molecular weight excluding hydrogens is 294 g/mol. The first kappa shape index (κ1) is 17.2. The molecule has 1 fully saturated rings. The van der Waals surface area contributed by atoms with Crippen LogP contribution in [0.2, 0.25) is 0 Å². The van der Waals surface area contributed by atoms with Crippen molar-refractivity contribution in [3.63, 3.8) is 0 Å². The molecule has 1 aliphatic carbocycles. The van der Waals surface area contributed by atoms with Crippen molar-refractivity contribution in [2.75, 3.05) is 6.61 Å². The number of hydrogen-bond donors (Lipinski definition) is 2. The van der Waals surface area contributed by atoms with Crippen LogP contribution in [0.3, 0.4) is 0 Å². The van der Waals surface area contributed by atoms with E-state index in [1.807, 2.05) is 0 Å². The largest absolute Gasteiger partial charge is 0.396 e. The van der Waals surface area contributed by atoms with Gasteiger partial charge in [-0.1, -0.05) is 79.9 Å². The predicted octanol–water partition coefficient (Wildman–Crippen LogP) is 4.70. The summed E-state index contributed by atoms with van der Waals surface area (Å²) in [4.78, 5) is 0. The maximum Gasteiger partial charge on any atom is 0.0578 e. The Bertz CT molecular complexity index is 538. The van der Waals surface area contributed by atoms with E-state index in [2.05, 4.69) is 66.0 Å². The Morgan fingerprint density at radius 3 is 1.88 bits per heavy atom. The molecule has 3 rings (SSSR count). The monoisotopic (exact) mass is 323 g/mol. The molecule has 0 radical (unpaired) electrons. The fraction of sp³-hybridized carbons (Fsp3) is 0.455. The van der Waals surface area contributed by atoms with Crippen molar-refractivity contribution >= 4 is 0 Å². The quantitative estimate of drug-likeness (QED) is 0.774. The van der Waals surface area contributed by atoms with Crippen LogP contribution in [0.5, 0.6) is 0 Å². The number of aliphatic hydroxyl groups is 1. The highest BCUT2D eigenvalue weighted by atomic mass is 16.3. The van der Waals surface area contributed by atoms with E-state index in [-0.39, 0.29) is 12.6 Å². The second kappa shape index (κ2) is 9.00. The first-order valence-electron chi connectivity index (χ1n) is 9.35. The number of aliphatic hydroxyl groups excluding tert-OH is 1. The molecule has 0 saturated heterocycles. The Hall–Kier alpha value is -1.64. The Morgan fingerprint density at radius 2 is 1.38 bits per heavy atom. The zero-order chi connectivity index (χ0) is 16.6. The third-order valence-corrected chi connectivity index (χ3v) is 5.31. The molecule has 0 bridgehead atoms. The molecule has 0 spiro atoms. The van der Waals surface area contributed by atoms with Crippen molar-refractivity contribution in [2.24, 2.45) is 5.92 Å². The van der Waals surface area contributed by atoms with E-state index in [1.54, 1.807) is 0 Å². The van der Waals surface area contributed by atoms with Gasteiger partial charge in [-0.2, -0.15) is 0 Å². The van der Waals surface area contributed by atoms with Gasteiger partial charge in [0.15, 0.2) is 0 Å². The van der Waals surface area contributed by atoms with Gasteiger partial charge in [0.05, 0.1) is 6.04 Å². The second-order valence-corrected chi connectivity index (χ2v) is 6.94. The molecule has 2 nitrogen and oxygen atoms in total. The van der Waals surface area contributed by atoms with E-state index >= 15 is 0 Å². The lowest BCUT2D eigenvalue weighted by Crippen LogP contribution is -2.40. The maximum atomic E-state index is 9.58. The van der Waals surface area contributed by atoms with Gasteiger partial charge in [0.1, 0.15) is 0 Å². The lowest BCUT2D eigenvalue weighted by molar-refractivity contribution is 0.200. The van der Waals surface area contributed by atoms with Crippen LogP contribution in [0.15, 0.2) is 60.7 Å². The second-order valence-electron chi connectivity index (χ2n) is 6.94. The average Bonchev–Trinajstić information content (AvgIpc) is 2.67. The summed E-state index contributed by atoms with van der Waals surface area (Å²) >= 11 is 0. The van der Waals surface area contributed by atoms with Crippen LogP contribution in [-0.4, -0.2) is 17.8 Å². The normalized spacial score (nSPS) is 17.1. The summed E-state index contributed by atoms with van der Waals surface area (Å²) in [5, 5.41) is 13.5. The molecule has 1 aliphatic rings. The van der Waals surface area contributed by atoms with Gasteiger partial charge in [0.2, 0.25) is 0 Å². The van der Waals surface area contributed by atoms with Gasteiger partial charge < -0.3 is 10.4 Å². The predicted molar refractivity (Wildman–Crippen MR) is 99.9 cm³/mol. The summed E-state index contributed by atoms with van der Waals surface area (Å²) in [5.74, 6) is 0.681. The van der Waals surface area contributed by atoms with Crippen LogP contribution in [0, 0.1) is 5.92 Å². The first-order chi connectivity index (χ1) is 11.9. The molecule has 0 aromatic heterocycles. The molecule has 1 saturated carbocycles. The average molecular weight is 323 g/mol.